The number of allylic oxidation sites excluding steroid dienone is 2. The minimum absolute atomic E-state index is 0.0647. The van der Waals surface area contributed by atoms with E-state index >= 15 is 0 Å². The van der Waals surface area contributed by atoms with E-state index in [0.717, 1.165) is 11.3 Å². The average Bonchev–Trinajstić information content (AvgIpc) is 3.65. The summed E-state index contributed by atoms with van der Waals surface area (Å²) in [6, 6.07) is 2.54. The summed E-state index contributed by atoms with van der Waals surface area (Å²) < 4.78 is 52.6. The Morgan fingerprint density at radius 3 is 1.59 bits per heavy atom. The quantitative estimate of drug-likeness (QED) is 0.0567. The Labute approximate surface area is 319 Å². The standard InChI is InChI=1S/C22H23F3O11S.C16H36N/c1-9(26)16(31)17-19(32,10(2)27)21(34,12(4)29)20(33,11(3)28)18(36-17)35-15(22(23,24)25)8-13(30)14-6-5-7-37-14;1-5-9-13-17(14-10-6-2,15-11-7-3)16-12-8-4/h5-8,16-18,31-34H,1-4H3;5-16H2,1-4H3/q;+1/t16?,17-,18?,19+,20+,21+;/m1./s1. The average molecular weight is 795 g/mol. The molecule has 1 aliphatic rings. The molecule has 1 saturated heterocycles. The number of ether oxygens (including phenoxy) is 2. The van der Waals surface area contributed by atoms with E-state index in [9.17, 15) is 57.6 Å². The molecule has 0 spiro atoms. The van der Waals surface area contributed by atoms with Gasteiger partial charge < -0.3 is 34.4 Å². The molecule has 0 aromatic carbocycles. The summed E-state index contributed by atoms with van der Waals surface area (Å²) in [5, 5.41) is 45.4. The molecule has 0 amide bonds. The van der Waals surface area contributed by atoms with Crippen LogP contribution in [-0.4, -0.2) is 121 Å². The zero-order chi connectivity index (χ0) is 41.7. The molecule has 2 rings (SSSR count). The van der Waals surface area contributed by atoms with E-state index in [1.807, 2.05) is 0 Å². The monoisotopic (exact) mass is 794 g/mol. The number of hydrogen-bond acceptors (Lipinski definition) is 12. The second kappa shape index (κ2) is 20.9. The lowest BCUT2D eigenvalue weighted by atomic mass is 9.60. The molecule has 0 bridgehead atoms. The predicted octanol–water partition coefficient (Wildman–Crippen LogP) is 5.03. The normalized spacial score (nSPS) is 25.3. The fourth-order valence-electron chi connectivity index (χ4n) is 6.59. The highest BCUT2D eigenvalue weighted by molar-refractivity contribution is 7.12. The predicted molar refractivity (Wildman–Crippen MR) is 195 cm³/mol. The third-order valence-electron chi connectivity index (χ3n) is 9.90. The van der Waals surface area contributed by atoms with Gasteiger partial charge in [0, 0.05) is 6.08 Å². The van der Waals surface area contributed by atoms with E-state index < -0.39 is 76.2 Å². The molecule has 54 heavy (non-hydrogen) atoms. The van der Waals surface area contributed by atoms with Crippen molar-refractivity contribution < 1.29 is 71.5 Å². The van der Waals surface area contributed by atoms with E-state index in [-0.39, 0.29) is 11.0 Å². The van der Waals surface area contributed by atoms with Gasteiger partial charge in [-0.25, -0.2) is 0 Å². The first-order valence-corrected chi connectivity index (χ1v) is 19.3. The highest BCUT2D eigenvalue weighted by Gasteiger charge is 2.80. The lowest BCUT2D eigenvalue weighted by Gasteiger charge is -2.57. The van der Waals surface area contributed by atoms with Gasteiger partial charge in [0.25, 0.3) is 0 Å². The molecule has 308 valence electrons. The van der Waals surface area contributed by atoms with E-state index in [0.29, 0.717) is 27.7 Å². The number of thiophene rings is 1. The number of hydrogen-bond donors (Lipinski definition) is 4. The number of rotatable bonds is 21. The highest BCUT2D eigenvalue weighted by atomic mass is 32.1. The zero-order valence-corrected chi connectivity index (χ0v) is 33.5. The van der Waals surface area contributed by atoms with Crippen LogP contribution in [0.2, 0.25) is 0 Å². The number of aliphatic hydroxyl groups excluding tert-OH is 1. The number of halogens is 3. The van der Waals surface area contributed by atoms with Crippen molar-refractivity contribution in [2.45, 2.75) is 148 Å². The first-order chi connectivity index (χ1) is 25.0. The van der Waals surface area contributed by atoms with E-state index in [1.54, 1.807) is 0 Å². The fraction of sp³-hybridized carbons (Fsp3) is 0.711. The summed E-state index contributed by atoms with van der Waals surface area (Å²) in [5.74, 6) is -9.70. The van der Waals surface area contributed by atoms with Gasteiger partial charge in [0.1, 0.15) is 12.2 Å². The van der Waals surface area contributed by atoms with Crippen molar-refractivity contribution in [3.63, 3.8) is 0 Å². The van der Waals surface area contributed by atoms with Crippen LogP contribution >= 0.6 is 11.3 Å². The van der Waals surface area contributed by atoms with Crippen LogP contribution in [0.5, 0.6) is 0 Å². The Hall–Kier alpha value is -2.86. The van der Waals surface area contributed by atoms with Crippen molar-refractivity contribution in [2.75, 3.05) is 26.2 Å². The number of carbonyl (C=O) groups excluding carboxylic acids is 5. The van der Waals surface area contributed by atoms with E-state index in [1.165, 1.54) is 99.5 Å². The summed E-state index contributed by atoms with van der Waals surface area (Å²) in [5.41, 5.74) is -11.7. The number of alkyl halides is 3. The maximum Gasteiger partial charge on any atom is 0.449 e. The molecule has 0 radical (unpaired) electrons. The van der Waals surface area contributed by atoms with Gasteiger partial charge in [-0.2, -0.15) is 13.2 Å². The summed E-state index contributed by atoms with van der Waals surface area (Å²) in [6.07, 6.45) is -2.87. The third kappa shape index (κ3) is 10.9. The van der Waals surface area contributed by atoms with Gasteiger partial charge in [0.15, 0.2) is 34.5 Å². The Morgan fingerprint density at radius 2 is 1.28 bits per heavy atom. The van der Waals surface area contributed by atoms with Crippen LogP contribution in [0.1, 0.15) is 116 Å². The van der Waals surface area contributed by atoms with Crippen molar-refractivity contribution in [3.8, 4) is 0 Å². The van der Waals surface area contributed by atoms with Gasteiger partial charge in [-0.3, -0.25) is 24.0 Å². The molecule has 4 N–H and O–H groups in total. The van der Waals surface area contributed by atoms with Crippen LogP contribution < -0.4 is 0 Å². The lowest BCUT2D eigenvalue weighted by Crippen LogP contribution is -2.87. The fourth-order valence-corrected chi connectivity index (χ4v) is 7.23. The smallest absolute Gasteiger partial charge is 0.449 e. The maximum absolute atomic E-state index is 13.8. The van der Waals surface area contributed by atoms with E-state index in [4.69, 9.17) is 4.74 Å². The first-order valence-electron chi connectivity index (χ1n) is 18.4. The molecule has 12 nitrogen and oxygen atoms in total. The summed E-state index contributed by atoms with van der Waals surface area (Å²) in [6.45, 7) is 17.2. The molecular weight excluding hydrogens is 735 g/mol. The van der Waals surface area contributed by atoms with Crippen molar-refractivity contribution in [1.29, 1.82) is 0 Å². The Morgan fingerprint density at radius 1 is 0.833 bits per heavy atom. The van der Waals surface area contributed by atoms with E-state index in [2.05, 4.69) is 32.4 Å². The number of quaternary nitrogens is 1. The molecule has 0 saturated carbocycles. The van der Waals surface area contributed by atoms with Crippen LogP contribution in [-0.2, 0) is 28.7 Å². The van der Waals surface area contributed by atoms with Gasteiger partial charge in [-0.15, -0.1) is 11.3 Å². The number of nitrogens with zero attached hydrogens (tertiary/aromatic N) is 1. The topological polar surface area (TPSA) is 185 Å². The maximum atomic E-state index is 13.8. The van der Waals surface area contributed by atoms with Crippen molar-refractivity contribution in [2.24, 2.45) is 0 Å². The summed E-state index contributed by atoms with van der Waals surface area (Å²) in [4.78, 5) is 61.7. The van der Waals surface area contributed by atoms with Crippen LogP contribution in [0.25, 0.3) is 0 Å². The molecule has 1 aliphatic heterocycles. The number of carbonyl (C=O) groups is 5. The second-order valence-corrected chi connectivity index (χ2v) is 14.9. The van der Waals surface area contributed by atoms with Crippen molar-refractivity contribution in [3.05, 3.63) is 34.2 Å². The first kappa shape index (κ1) is 49.2. The van der Waals surface area contributed by atoms with Gasteiger partial charge in [-0.1, -0.05) is 59.4 Å². The molecule has 16 heteroatoms. The molecule has 6 atom stereocenters. The minimum atomic E-state index is -5.49. The molecule has 2 unspecified atom stereocenters. The third-order valence-corrected chi connectivity index (χ3v) is 10.8. The molecule has 1 aromatic rings. The molecular formula is C38H59F3NO11S+. The van der Waals surface area contributed by atoms with Gasteiger partial charge in [0.2, 0.25) is 23.3 Å². The molecule has 0 aliphatic carbocycles. The Balaban J connectivity index is 0.000000720. The van der Waals surface area contributed by atoms with Gasteiger partial charge in [-0.05, 0) is 64.8 Å². The second-order valence-electron chi connectivity index (χ2n) is 14.0. The van der Waals surface area contributed by atoms with Crippen LogP contribution in [0.3, 0.4) is 0 Å². The highest BCUT2D eigenvalue weighted by Crippen LogP contribution is 2.49. The number of aliphatic hydroxyl groups is 4. The van der Waals surface area contributed by atoms with Gasteiger partial charge >= 0.3 is 6.18 Å². The van der Waals surface area contributed by atoms with Crippen LogP contribution in [0.4, 0.5) is 13.2 Å². The number of unbranched alkanes of at least 4 members (excludes halogenated alkanes) is 4. The number of Topliss-reactive ketones (excluding diaryl/α,β-unsaturated/α-hetero) is 4. The summed E-state index contributed by atoms with van der Waals surface area (Å²) >= 11 is 0.771. The number of ketones is 5. The summed E-state index contributed by atoms with van der Waals surface area (Å²) in [7, 11) is 0. The minimum Gasteiger partial charge on any atom is -0.456 e. The zero-order valence-electron chi connectivity index (χ0n) is 32.7. The lowest BCUT2D eigenvalue weighted by molar-refractivity contribution is -0.929. The molecule has 2 heterocycles. The molecule has 1 fully saturated rings. The largest absolute Gasteiger partial charge is 0.456 e. The van der Waals surface area contributed by atoms with Crippen molar-refractivity contribution >= 4 is 40.3 Å². The Bertz CT molecular complexity index is 1410. The molecule has 1 aromatic heterocycles. The van der Waals surface area contributed by atoms with Gasteiger partial charge in [0.05, 0.1) is 31.1 Å². The van der Waals surface area contributed by atoms with Crippen molar-refractivity contribution in [1.82, 2.24) is 0 Å². The van der Waals surface area contributed by atoms with Crippen LogP contribution in [0.15, 0.2) is 29.3 Å². The Kier molecular flexibility index (Phi) is 19.0. The van der Waals surface area contributed by atoms with Crippen LogP contribution in [0, 0.1) is 0 Å². The SMILES string of the molecule is CC(=O)C(O)[C@H]1OC(OC(=CC(=O)c2cccs2)C(F)(F)F)[C@@](O)(C(C)=O)[C@](O)(C(C)=O)[C@]1(O)C(C)=O.CCCC[N+](CCCC)(CCCC)CCCC.